The third-order valence-electron chi connectivity index (χ3n) is 3.71. The summed E-state index contributed by atoms with van der Waals surface area (Å²) in [6.45, 7) is 5.29. The van der Waals surface area contributed by atoms with Gasteiger partial charge in [0, 0.05) is 12.6 Å². The third kappa shape index (κ3) is 3.96. The number of halogens is 1. The van der Waals surface area contributed by atoms with Crippen LogP contribution in [0.15, 0.2) is 6.20 Å². The number of nitrogens with one attached hydrogen (secondary N) is 2. The zero-order valence-corrected chi connectivity index (χ0v) is 12.5. The summed E-state index contributed by atoms with van der Waals surface area (Å²) in [5, 5.41) is 7.28. The second kappa shape index (κ2) is 6.94. The number of nitrogens with zero attached hydrogens (tertiary/aromatic N) is 2. The summed E-state index contributed by atoms with van der Waals surface area (Å²) in [6, 6.07) is 0.472. The van der Waals surface area contributed by atoms with Crippen molar-refractivity contribution in [2.24, 2.45) is 5.92 Å². The molecule has 106 valence electrons. The Morgan fingerprint density at radius 1 is 1.37 bits per heavy atom. The highest BCUT2D eigenvalue weighted by atomic mass is 35.5. The van der Waals surface area contributed by atoms with Gasteiger partial charge >= 0.3 is 0 Å². The van der Waals surface area contributed by atoms with Gasteiger partial charge in [0.15, 0.2) is 5.82 Å². The maximum Gasteiger partial charge on any atom is 0.224 e. The monoisotopic (exact) mass is 282 g/mol. The zero-order chi connectivity index (χ0) is 13.7. The van der Waals surface area contributed by atoms with Crippen LogP contribution < -0.4 is 10.6 Å². The molecule has 2 rings (SSSR count). The van der Waals surface area contributed by atoms with E-state index in [1.807, 2.05) is 0 Å². The van der Waals surface area contributed by atoms with Gasteiger partial charge in [-0.1, -0.05) is 38.3 Å². The lowest BCUT2D eigenvalue weighted by molar-refractivity contribution is 0.349. The molecule has 2 N–H and O–H groups in total. The largest absolute Gasteiger partial charge is 0.366 e. The molecule has 4 nitrogen and oxygen atoms in total. The molecular weight excluding hydrogens is 260 g/mol. The number of anilines is 2. The Kier molecular flexibility index (Phi) is 5.25. The maximum atomic E-state index is 6.18. The molecule has 0 aromatic carbocycles. The fraction of sp³-hybridized carbons (Fsp3) is 0.714. The predicted octanol–water partition coefficient (Wildman–Crippen LogP) is 3.94. The summed E-state index contributed by atoms with van der Waals surface area (Å²) in [6.07, 6.45) is 7.81. The summed E-state index contributed by atoms with van der Waals surface area (Å²) >= 11 is 6.18. The quantitative estimate of drug-likeness (QED) is 0.859. The minimum atomic E-state index is 0.472. The van der Waals surface area contributed by atoms with Crippen molar-refractivity contribution in [3.05, 3.63) is 11.2 Å². The van der Waals surface area contributed by atoms with Crippen molar-refractivity contribution in [2.75, 3.05) is 17.2 Å². The molecule has 19 heavy (non-hydrogen) atoms. The summed E-state index contributed by atoms with van der Waals surface area (Å²) in [5.41, 5.74) is 0. The van der Waals surface area contributed by atoms with Crippen molar-refractivity contribution in [3.8, 4) is 0 Å². The standard InChI is InChI=1S/C14H23ClN4/c1-3-8-16-14-17-9-11(15)13(19-14)18-12-7-5-4-6-10(12)2/h9-10,12H,3-8H2,1-2H3,(H2,16,17,18,19). The summed E-state index contributed by atoms with van der Waals surface area (Å²) in [7, 11) is 0. The molecule has 5 heteroatoms. The van der Waals surface area contributed by atoms with E-state index in [4.69, 9.17) is 11.6 Å². The predicted molar refractivity (Wildman–Crippen MR) is 80.9 cm³/mol. The van der Waals surface area contributed by atoms with Gasteiger partial charge in [0.25, 0.3) is 0 Å². The molecule has 1 saturated carbocycles. The topological polar surface area (TPSA) is 49.8 Å². The average Bonchev–Trinajstić information content (AvgIpc) is 2.42. The zero-order valence-electron chi connectivity index (χ0n) is 11.7. The molecule has 1 aliphatic rings. The molecule has 0 bridgehead atoms. The lowest BCUT2D eigenvalue weighted by atomic mass is 9.86. The van der Waals surface area contributed by atoms with E-state index in [0.717, 1.165) is 18.8 Å². The van der Waals surface area contributed by atoms with E-state index in [2.05, 4.69) is 34.4 Å². The molecule has 0 spiro atoms. The second-order valence-electron chi connectivity index (χ2n) is 5.33. The van der Waals surface area contributed by atoms with Crippen molar-refractivity contribution < 1.29 is 0 Å². The fourth-order valence-corrected chi connectivity index (χ4v) is 2.64. The van der Waals surface area contributed by atoms with E-state index in [1.54, 1.807) is 6.20 Å². The van der Waals surface area contributed by atoms with E-state index in [1.165, 1.54) is 25.7 Å². The van der Waals surface area contributed by atoms with E-state index >= 15 is 0 Å². The van der Waals surface area contributed by atoms with Gasteiger partial charge in [-0.25, -0.2) is 4.98 Å². The molecule has 0 saturated heterocycles. The molecule has 1 aromatic heterocycles. The van der Waals surface area contributed by atoms with Crippen LogP contribution in [-0.2, 0) is 0 Å². The maximum absolute atomic E-state index is 6.18. The van der Waals surface area contributed by atoms with Gasteiger partial charge in [0.1, 0.15) is 5.02 Å². The minimum Gasteiger partial charge on any atom is -0.366 e. The van der Waals surface area contributed by atoms with Gasteiger partial charge in [-0.15, -0.1) is 0 Å². The van der Waals surface area contributed by atoms with E-state index < -0.39 is 0 Å². The van der Waals surface area contributed by atoms with Gasteiger partial charge in [0.05, 0.1) is 6.20 Å². The summed E-state index contributed by atoms with van der Waals surface area (Å²) in [5.74, 6) is 2.08. The molecular formula is C14H23ClN4. The van der Waals surface area contributed by atoms with Crippen molar-refractivity contribution in [3.63, 3.8) is 0 Å². The Labute approximate surface area is 120 Å². The normalized spacial score (nSPS) is 23.1. The number of aromatic nitrogens is 2. The number of hydrogen-bond acceptors (Lipinski definition) is 4. The van der Waals surface area contributed by atoms with Crippen LogP contribution in [-0.4, -0.2) is 22.6 Å². The van der Waals surface area contributed by atoms with Crippen LogP contribution >= 0.6 is 11.6 Å². The van der Waals surface area contributed by atoms with Crippen LogP contribution in [0.25, 0.3) is 0 Å². The van der Waals surface area contributed by atoms with Gasteiger partial charge in [-0.05, 0) is 25.2 Å². The van der Waals surface area contributed by atoms with Gasteiger partial charge < -0.3 is 10.6 Å². The Balaban J connectivity index is 2.05. The lowest BCUT2D eigenvalue weighted by Crippen LogP contribution is -2.30. The summed E-state index contributed by atoms with van der Waals surface area (Å²) < 4.78 is 0. The van der Waals surface area contributed by atoms with Crippen LogP contribution in [0, 0.1) is 5.92 Å². The first kappa shape index (κ1) is 14.4. The van der Waals surface area contributed by atoms with E-state index in [-0.39, 0.29) is 0 Å². The minimum absolute atomic E-state index is 0.472. The first-order chi connectivity index (χ1) is 9.20. The first-order valence-electron chi connectivity index (χ1n) is 7.23. The number of rotatable bonds is 5. The third-order valence-corrected chi connectivity index (χ3v) is 3.99. The van der Waals surface area contributed by atoms with Crippen LogP contribution in [0.3, 0.4) is 0 Å². The molecule has 1 heterocycles. The molecule has 2 unspecified atom stereocenters. The Morgan fingerprint density at radius 3 is 2.89 bits per heavy atom. The molecule has 1 aromatic rings. The highest BCUT2D eigenvalue weighted by molar-refractivity contribution is 6.32. The molecule has 1 aliphatic carbocycles. The van der Waals surface area contributed by atoms with Crippen molar-refractivity contribution in [2.45, 2.75) is 52.0 Å². The molecule has 2 atom stereocenters. The second-order valence-corrected chi connectivity index (χ2v) is 5.74. The Bertz CT molecular complexity index is 410. The molecule has 0 aliphatic heterocycles. The van der Waals surface area contributed by atoms with Crippen LogP contribution in [0.2, 0.25) is 5.02 Å². The van der Waals surface area contributed by atoms with Crippen LogP contribution in [0.1, 0.15) is 46.0 Å². The Hall–Kier alpha value is -1.03. The smallest absolute Gasteiger partial charge is 0.224 e. The van der Waals surface area contributed by atoms with E-state index in [0.29, 0.717) is 22.9 Å². The van der Waals surface area contributed by atoms with Crippen molar-refractivity contribution in [1.82, 2.24) is 9.97 Å². The Morgan fingerprint density at radius 2 is 2.16 bits per heavy atom. The first-order valence-corrected chi connectivity index (χ1v) is 7.61. The van der Waals surface area contributed by atoms with Gasteiger partial charge in [-0.3, -0.25) is 0 Å². The highest BCUT2D eigenvalue weighted by Crippen LogP contribution is 2.28. The van der Waals surface area contributed by atoms with Crippen LogP contribution in [0.4, 0.5) is 11.8 Å². The molecule has 0 radical (unpaired) electrons. The van der Waals surface area contributed by atoms with E-state index in [9.17, 15) is 0 Å². The highest BCUT2D eigenvalue weighted by Gasteiger charge is 2.22. The number of hydrogen-bond donors (Lipinski definition) is 2. The molecule has 1 fully saturated rings. The van der Waals surface area contributed by atoms with Gasteiger partial charge in [-0.2, -0.15) is 4.98 Å². The fourth-order valence-electron chi connectivity index (χ4n) is 2.50. The average molecular weight is 283 g/mol. The summed E-state index contributed by atoms with van der Waals surface area (Å²) in [4.78, 5) is 8.67. The SMILES string of the molecule is CCCNc1ncc(Cl)c(NC2CCCCC2C)n1. The van der Waals surface area contributed by atoms with Crippen molar-refractivity contribution >= 4 is 23.4 Å². The van der Waals surface area contributed by atoms with Gasteiger partial charge in [0.2, 0.25) is 5.95 Å². The lowest BCUT2D eigenvalue weighted by Gasteiger charge is -2.30. The van der Waals surface area contributed by atoms with Crippen LogP contribution in [0.5, 0.6) is 0 Å². The van der Waals surface area contributed by atoms with Crippen molar-refractivity contribution in [1.29, 1.82) is 0 Å². The molecule has 0 amide bonds.